The molecule has 0 atom stereocenters. The smallest absolute Gasteiger partial charge is 0.209 e. The minimum absolute atomic E-state index is 0.192. The Kier molecular flexibility index (Phi) is 8.63. The van der Waals surface area contributed by atoms with Crippen LogP contribution in [0.3, 0.4) is 0 Å². The molecule has 1 heterocycles. The molecule has 186 valence electrons. The van der Waals surface area contributed by atoms with E-state index in [1.807, 2.05) is 24.3 Å². The van der Waals surface area contributed by atoms with Gasteiger partial charge in [0.2, 0.25) is 5.69 Å². The van der Waals surface area contributed by atoms with E-state index in [0.29, 0.717) is 5.75 Å². The van der Waals surface area contributed by atoms with Crippen LogP contribution in [0.15, 0.2) is 71.8 Å². The number of ether oxygens (including phenoxy) is 1. The first-order chi connectivity index (χ1) is 16.6. The summed E-state index contributed by atoms with van der Waals surface area (Å²) in [5, 5.41) is 9.85. The third-order valence-electron chi connectivity index (χ3n) is 6.68. The largest absolute Gasteiger partial charge is 0.468 e. The second-order valence-corrected chi connectivity index (χ2v) is 9.92. The first kappa shape index (κ1) is 26.8. The summed E-state index contributed by atoms with van der Waals surface area (Å²) in [6.07, 6.45) is 6.41. The maximum atomic E-state index is 9.13. The number of rotatable bonds is 9. The summed E-state index contributed by atoms with van der Waals surface area (Å²) in [7, 11) is 2.09. The fourth-order valence-corrected chi connectivity index (χ4v) is 5.10. The maximum Gasteiger partial charge on any atom is 0.209 e. The molecule has 0 radical (unpaired) electrons. The van der Waals surface area contributed by atoms with E-state index < -0.39 is 0 Å². The number of benzene rings is 2. The van der Waals surface area contributed by atoms with Gasteiger partial charge in [0.05, 0.1) is 5.41 Å². The molecule has 0 aliphatic carbocycles. The molecule has 0 spiro atoms. The van der Waals surface area contributed by atoms with Crippen molar-refractivity contribution in [3.05, 3.63) is 83.0 Å². The first-order valence-corrected chi connectivity index (χ1v) is 12.6. The van der Waals surface area contributed by atoms with Crippen molar-refractivity contribution in [3.63, 3.8) is 0 Å². The van der Waals surface area contributed by atoms with E-state index in [1.54, 1.807) is 0 Å². The maximum absolute atomic E-state index is 9.13. The predicted octanol–water partition coefficient (Wildman–Crippen LogP) is 7.04. The second kappa shape index (κ2) is 11.3. The number of hydrogen-bond donors (Lipinski definition) is 1. The van der Waals surface area contributed by atoms with E-state index in [4.69, 9.17) is 21.4 Å². The Morgan fingerprint density at radius 1 is 1.03 bits per heavy atom. The zero-order valence-electron chi connectivity index (χ0n) is 22.0. The Hall–Kier alpha value is -2.82. The molecule has 0 saturated carbocycles. The molecular formula is C30H38ClN2O2+. The lowest BCUT2D eigenvalue weighted by Gasteiger charge is -2.21. The van der Waals surface area contributed by atoms with E-state index in [9.17, 15) is 0 Å². The number of allylic oxidation sites excluding steroid dienone is 5. The van der Waals surface area contributed by atoms with Crippen LogP contribution in [0.5, 0.6) is 5.75 Å². The van der Waals surface area contributed by atoms with Crippen molar-refractivity contribution < 1.29 is 14.4 Å². The molecule has 1 N–H and O–H groups in total. The normalized spacial score (nSPS) is 16.0. The summed E-state index contributed by atoms with van der Waals surface area (Å²) >= 11 is 6.67. The van der Waals surface area contributed by atoms with Crippen LogP contribution in [0.4, 0.5) is 11.4 Å². The van der Waals surface area contributed by atoms with Gasteiger partial charge in [-0.2, -0.15) is 4.58 Å². The van der Waals surface area contributed by atoms with Gasteiger partial charge in [-0.05, 0) is 88.6 Å². The highest BCUT2D eigenvalue weighted by molar-refractivity contribution is 6.49. The van der Waals surface area contributed by atoms with Crippen molar-refractivity contribution in [2.75, 3.05) is 31.8 Å². The van der Waals surface area contributed by atoms with Crippen molar-refractivity contribution in [3.8, 4) is 5.75 Å². The molecule has 2 aromatic carbocycles. The van der Waals surface area contributed by atoms with Crippen LogP contribution >= 0.6 is 11.6 Å². The molecule has 3 rings (SSSR count). The van der Waals surface area contributed by atoms with Crippen molar-refractivity contribution in [1.82, 2.24) is 0 Å². The average Bonchev–Trinajstić information content (AvgIpc) is 3.00. The van der Waals surface area contributed by atoms with Gasteiger partial charge < -0.3 is 14.7 Å². The van der Waals surface area contributed by atoms with E-state index in [-0.39, 0.29) is 12.2 Å². The minimum atomic E-state index is -0.329. The standard InChI is InChI=1S/C30H38ClN2O2/c1-8-33(9-2)24-12-10-23(11-13-24)27(31)17-21(3)16-22(4)18-29-30(5,6)26-19-25(35-20-34)14-15-28(26)32(29)7/h10-19,34H,8-9,20H2,1-7H3/q+1. The fourth-order valence-electron chi connectivity index (χ4n) is 4.80. The zero-order chi connectivity index (χ0) is 25.8. The van der Waals surface area contributed by atoms with Crippen LogP contribution in [-0.4, -0.2) is 42.3 Å². The summed E-state index contributed by atoms with van der Waals surface area (Å²) in [5.74, 6) is 0.676. The Balaban J connectivity index is 1.83. The molecule has 0 aromatic heterocycles. The third-order valence-corrected chi connectivity index (χ3v) is 7.01. The topological polar surface area (TPSA) is 35.7 Å². The van der Waals surface area contributed by atoms with Gasteiger partial charge in [-0.3, -0.25) is 0 Å². The summed E-state index contributed by atoms with van der Waals surface area (Å²) in [4.78, 5) is 2.32. The predicted molar refractivity (Wildman–Crippen MR) is 149 cm³/mol. The number of aliphatic hydroxyl groups is 1. The van der Waals surface area contributed by atoms with Gasteiger partial charge >= 0.3 is 0 Å². The van der Waals surface area contributed by atoms with Crippen molar-refractivity contribution in [2.24, 2.45) is 0 Å². The van der Waals surface area contributed by atoms with Crippen LogP contribution in [0.2, 0.25) is 0 Å². The van der Waals surface area contributed by atoms with Gasteiger partial charge in [-0.1, -0.05) is 29.8 Å². The quantitative estimate of drug-likeness (QED) is 0.231. The minimum Gasteiger partial charge on any atom is -0.468 e. The highest BCUT2D eigenvalue weighted by atomic mass is 35.5. The van der Waals surface area contributed by atoms with E-state index >= 15 is 0 Å². The highest BCUT2D eigenvalue weighted by Gasteiger charge is 2.43. The number of anilines is 1. The van der Waals surface area contributed by atoms with Crippen molar-refractivity contribution in [1.29, 1.82) is 0 Å². The molecule has 0 bridgehead atoms. The molecule has 1 aliphatic rings. The molecule has 5 heteroatoms. The van der Waals surface area contributed by atoms with Gasteiger partial charge in [0.15, 0.2) is 12.5 Å². The zero-order valence-corrected chi connectivity index (χ0v) is 22.8. The Morgan fingerprint density at radius 2 is 1.69 bits per heavy atom. The summed E-state index contributed by atoms with van der Waals surface area (Å²) in [5.41, 5.74) is 7.81. The number of halogens is 1. The summed E-state index contributed by atoms with van der Waals surface area (Å²) < 4.78 is 7.54. The monoisotopic (exact) mass is 493 g/mol. The fraction of sp³-hybridized carbons (Fsp3) is 0.367. The lowest BCUT2D eigenvalue weighted by Crippen LogP contribution is -2.27. The van der Waals surface area contributed by atoms with Crippen LogP contribution < -0.4 is 9.64 Å². The highest BCUT2D eigenvalue weighted by Crippen LogP contribution is 2.41. The summed E-state index contributed by atoms with van der Waals surface area (Å²) in [6.45, 7) is 14.6. The van der Waals surface area contributed by atoms with Crippen LogP contribution in [-0.2, 0) is 5.41 Å². The average molecular weight is 494 g/mol. The second-order valence-electron chi connectivity index (χ2n) is 9.51. The lowest BCUT2D eigenvalue weighted by atomic mass is 9.81. The Bertz CT molecular complexity index is 1180. The van der Waals surface area contributed by atoms with Gasteiger partial charge in [-0.15, -0.1) is 0 Å². The van der Waals surface area contributed by atoms with Gasteiger partial charge in [0.1, 0.15) is 12.8 Å². The molecule has 0 saturated heterocycles. The molecule has 0 unspecified atom stereocenters. The molecule has 35 heavy (non-hydrogen) atoms. The lowest BCUT2D eigenvalue weighted by molar-refractivity contribution is -0.401. The number of fused-ring (bicyclic) bond motifs is 1. The Morgan fingerprint density at radius 3 is 2.29 bits per heavy atom. The molecule has 2 aromatic rings. The van der Waals surface area contributed by atoms with E-state index in [2.05, 4.69) is 94.5 Å². The first-order valence-electron chi connectivity index (χ1n) is 12.2. The number of hydrogen-bond acceptors (Lipinski definition) is 3. The van der Waals surface area contributed by atoms with Gasteiger partial charge in [0.25, 0.3) is 0 Å². The van der Waals surface area contributed by atoms with E-state index in [0.717, 1.165) is 40.5 Å². The van der Waals surface area contributed by atoms with Gasteiger partial charge in [0, 0.05) is 41.5 Å². The number of aliphatic hydroxyl groups excluding tert-OH is 1. The SMILES string of the molecule is CCN(CC)c1ccc(C(Cl)=CC(C)=CC(C)=CC2=[N+](C)c3ccc(OCO)cc3C2(C)C)cc1. The van der Waals surface area contributed by atoms with Crippen molar-refractivity contribution >= 4 is 33.7 Å². The van der Waals surface area contributed by atoms with Crippen LogP contribution in [0.25, 0.3) is 5.03 Å². The van der Waals surface area contributed by atoms with E-state index in [1.165, 1.54) is 17.0 Å². The van der Waals surface area contributed by atoms with Gasteiger partial charge in [-0.25, -0.2) is 0 Å². The molecule has 4 nitrogen and oxygen atoms in total. The number of nitrogens with zero attached hydrogens (tertiary/aromatic N) is 2. The molecule has 0 amide bonds. The third kappa shape index (κ3) is 5.88. The molecule has 1 aliphatic heterocycles. The molecule has 0 fully saturated rings. The Labute approximate surface area is 215 Å². The molecular weight excluding hydrogens is 456 g/mol. The van der Waals surface area contributed by atoms with Crippen LogP contribution in [0.1, 0.15) is 52.7 Å². The van der Waals surface area contributed by atoms with Crippen molar-refractivity contribution in [2.45, 2.75) is 47.0 Å². The van der Waals surface area contributed by atoms with Crippen LogP contribution in [0, 0.1) is 0 Å². The summed E-state index contributed by atoms with van der Waals surface area (Å²) in [6, 6.07) is 14.4.